The van der Waals surface area contributed by atoms with Crippen LogP contribution in [-0.2, 0) is 11.2 Å². The topological polar surface area (TPSA) is 51.2 Å². The van der Waals surface area contributed by atoms with Crippen LogP contribution >= 0.6 is 0 Å². The van der Waals surface area contributed by atoms with Crippen LogP contribution in [0.15, 0.2) is 91.0 Å². The largest absolute Gasteiger partial charge is 0.497 e. The molecule has 0 saturated carbocycles. The van der Waals surface area contributed by atoms with Crippen molar-refractivity contribution in [1.29, 1.82) is 0 Å². The van der Waals surface area contributed by atoms with E-state index in [0.717, 1.165) is 33.8 Å². The third kappa shape index (κ3) is 5.14. The molecular weight excluding hydrogens is 391 g/mol. The van der Waals surface area contributed by atoms with Crippen LogP contribution in [0.4, 0.5) is 10.1 Å². The van der Waals surface area contributed by atoms with Gasteiger partial charge in [0, 0.05) is 16.8 Å². The number of anilines is 1. The predicted octanol–water partition coefficient (Wildman–Crippen LogP) is 5.74. The molecule has 1 heterocycles. The van der Waals surface area contributed by atoms with Crippen molar-refractivity contribution in [2.24, 2.45) is 0 Å². The highest BCUT2D eigenvalue weighted by molar-refractivity contribution is 5.92. The quantitative estimate of drug-likeness (QED) is 0.439. The van der Waals surface area contributed by atoms with Gasteiger partial charge in [-0.1, -0.05) is 42.5 Å². The maximum Gasteiger partial charge on any atom is 0.228 e. The second-order valence-corrected chi connectivity index (χ2v) is 7.07. The van der Waals surface area contributed by atoms with Gasteiger partial charge in [0.05, 0.1) is 24.9 Å². The fourth-order valence-electron chi connectivity index (χ4n) is 3.26. The molecular formula is C26H21FN2O2. The summed E-state index contributed by atoms with van der Waals surface area (Å²) in [7, 11) is 1.64. The molecule has 3 aromatic carbocycles. The number of pyridine rings is 1. The van der Waals surface area contributed by atoms with Gasteiger partial charge in [-0.15, -0.1) is 0 Å². The Hall–Kier alpha value is -3.99. The van der Waals surface area contributed by atoms with Crippen LogP contribution in [0.3, 0.4) is 0 Å². The number of aromatic nitrogens is 1. The molecule has 4 nitrogen and oxygen atoms in total. The highest BCUT2D eigenvalue weighted by Gasteiger charge is 2.07. The van der Waals surface area contributed by atoms with Gasteiger partial charge in [-0.05, 0) is 54.1 Å². The summed E-state index contributed by atoms with van der Waals surface area (Å²) >= 11 is 0. The van der Waals surface area contributed by atoms with Crippen LogP contribution in [0.5, 0.6) is 5.75 Å². The molecule has 1 N–H and O–H groups in total. The summed E-state index contributed by atoms with van der Waals surface area (Å²) in [5.74, 6) is 0.312. The number of carbonyl (C=O) groups is 1. The van der Waals surface area contributed by atoms with Gasteiger partial charge in [-0.3, -0.25) is 4.79 Å². The molecule has 0 radical (unpaired) electrons. The van der Waals surface area contributed by atoms with E-state index in [-0.39, 0.29) is 18.1 Å². The standard InChI is InChI=1S/C26H21FN2O2/c1-31-23-5-2-4-20(17-23)25-7-3-6-24(29-25)19-10-14-22(15-11-19)28-26(30)16-18-8-12-21(27)13-9-18/h2-15,17H,16H2,1H3,(H,28,30). The number of carbonyl (C=O) groups excluding carboxylic acids is 1. The molecule has 0 fully saturated rings. The Labute approximate surface area is 180 Å². The summed E-state index contributed by atoms with van der Waals surface area (Å²) in [6.45, 7) is 0. The molecule has 4 rings (SSSR count). The van der Waals surface area contributed by atoms with Gasteiger partial charge in [-0.2, -0.15) is 0 Å². The number of nitrogens with zero attached hydrogens (tertiary/aromatic N) is 1. The Morgan fingerprint density at radius 3 is 2.26 bits per heavy atom. The Morgan fingerprint density at radius 2 is 1.55 bits per heavy atom. The average molecular weight is 412 g/mol. The third-order valence-electron chi connectivity index (χ3n) is 4.86. The van der Waals surface area contributed by atoms with E-state index in [2.05, 4.69) is 5.32 Å². The molecule has 5 heteroatoms. The van der Waals surface area contributed by atoms with Crippen molar-refractivity contribution in [3.05, 3.63) is 102 Å². The van der Waals surface area contributed by atoms with Gasteiger partial charge >= 0.3 is 0 Å². The molecule has 4 aromatic rings. The molecule has 0 unspecified atom stereocenters. The number of nitrogens with one attached hydrogen (secondary N) is 1. The van der Waals surface area contributed by atoms with Crippen LogP contribution in [0, 0.1) is 5.82 Å². The van der Waals surface area contributed by atoms with E-state index in [9.17, 15) is 9.18 Å². The number of halogens is 1. The second-order valence-electron chi connectivity index (χ2n) is 7.07. The smallest absolute Gasteiger partial charge is 0.228 e. The summed E-state index contributed by atoms with van der Waals surface area (Å²) in [6.07, 6.45) is 0.187. The number of amides is 1. The Balaban J connectivity index is 1.46. The second kappa shape index (κ2) is 9.22. The van der Waals surface area contributed by atoms with Gasteiger partial charge in [0.15, 0.2) is 0 Å². The summed E-state index contributed by atoms with van der Waals surface area (Å²) in [5, 5.41) is 2.87. The maximum atomic E-state index is 13.0. The Kier molecular flexibility index (Phi) is 6.03. The SMILES string of the molecule is COc1cccc(-c2cccc(-c3ccc(NC(=O)Cc4ccc(F)cc4)cc3)n2)c1. The van der Waals surface area contributed by atoms with E-state index in [0.29, 0.717) is 5.69 Å². The molecule has 0 aliphatic rings. The van der Waals surface area contributed by atoms with E-state index in [1.54, 1.807) is 19.2 Å². The van der Waals surface area contributed by atoms with E-state index in [1.165, 1.54) is 12.1 Å². The minimum atomic E-state index is -0.316. The lowest BCUT2D eigenvalue weighted by Crippen LogP contribution is -2.14. The normalized spacial score (nSPS) is 10.5. The number of methoxy groups -OCH3 is 1. The fourth-order valence-corrected chi connectivity index (χ4v) is 3.26. The van der Waals surface area contributed by atoms with Gasteiger partial charge in [-0.25, -0.2) is 9.37 Å². The molecule has 154 valence electrons. The van der Waals surface area contributed by atoms with Crippen molar-refractivity contribution < 1.29 is 13.9 Å². The first-order valence-electron chi connectivity index (χ1n) is 9.87. The molecule has 0 atom stereocenters. The third-order valence-corrected chi connectivity index (χ3v) is 4.86. The van der Waals surface area contributed by atoms with Crippen LogP contribution in [-0.4, -0.2) is 18.0 Å². The van der Waals surface area contributed by atoms with E-state index in [4.69, 9.17) is 9.72 Å². The lowest BCUT2D eigenvalue weighted by Gasteiger charge is -2.09. The van der Waals surface area contributed by atoms with Crippen molar-refractivity contribution in [1.82, 2.24) is 4.98 Å². The Morgan fingerprint density at radius 1 is 0.871 bits per heavy atom. The first-order valence-corrected chi connectivity index (χ1v) is 9.87. The van der Waals surface area contributed by atoms with Crippen LogP contribution in [0.1, 0.15) is 5.56 Å². The minimum Gasteiger partial charge on any atom is -0.497 e. The molecule has 1 amide bonds. The molecule has 0 saturated heterocycles. The van der Waals surface area contributed by atoms with E-state index < -0.39 is 0 Å². The molecule has 1 aromatic heterocycles. The molecule has 0 aliphatic heterocycles. The zero-order valence-corrected chi connectivity index (χ0v) is 17.0. The molecule has 0 spiro atoms. The molecule has 0 aliphatic carbocycles. The first kappa shape index (κ1) is 20.3. The van der Waals surface area contributed by atoms with Crippen molar-refractivity contribution in [3.63, 3.8) is 0 Å². The summed E-state index contributed by atoms with van der Waals surface area (Å²) in [4.78, 5) is 17.0. The average Bonchev–Trinajstić information content (AvgIpc) is 2.81. The van der Waals surface area contributed by atoms with Crippen molar-refractivity contribution >= 4 is 11.6 Å². The predicted molar refractivity (Wildman–Crippen MR) is 120 cm³/mol. The lowest BCUT2D eigenvalue weighted by atomic mass is 10.1. The summed E-state index contributed by atoms with van der Waals surface area (Å²) < 4.78 is 18.3. The highest BCUT2D eigenvalue weighted by atomic mass is 19.1. The number of benzene rings is 3. The number of hydrogen-bond acceptors (Lipinski definition) is 3. The fraction of sp³-hybridized carbons (Fsp3) is 0.0769. The van der Waals surface area contributed by atoms with Crippen LogP contribution in [0.2, 0.25) is 0 Å². The highest BCUT2D eigenvalue weighted by Crippen LogP contribution is 2.26. The van der Waals surface area contributed by atoms with Gasteiger partial charge < -0.3 is 10.1 Å². The van der Waals surface area contributed by atoms with Crippen molar-refractivity contribution in [2.75, 3.05) is 12.4 Å². The van der Waals surface area contributed by atoms with Crippen molar-refractivity contribution in [2.45, 2.75) is 6.42 Å². The van der Waals surface area contributed by atoms with Crippen LogP contribution in [0.25, 0.3) is 22.5 Å². The monoisotopic (exact) mass is 412 g/mol. The summed E-state index contributed by atoms with van der Waals surface area (Å²) in [5.41, 5.74) is 5.07. The van der Waals surface area contributed by atoms with Gasteiger partial charge in [0.1, 0.15) is 11.6 Å². The lowest BCUT2D eigenvalue weighted by molar-refractivity contribution is -0.115. The van der Waals surface area contributed by atoms with Crippen LogP contribution < -0.4 is 10.1 Å². The minimum absolute atomic E-state index is 0.155. The van der Waals surface area contributed by atoms with Gasteiger partial charge in [0.25, 0.3) is 0 Å². The number of hydrogen-bond donors (Lipinski definition) is 1. The molecule has 31 heavy (non-hydrogen) atoms. The number of ether oxygens (including phenoxy) is 1. The maximum absolute atomic E-state index is 13.0. The Bertz CT molecular complexity index is 1190. The van der Waals surface area contributed by atoms with E-state index in [1.807, 2.05) is 66.7 Å². The van der Waals surface area contributed by atoms with E-state index >= 15 is 0 Å². The van der Waals surface area contributed by atoms with Gasteiger partial charge in [0.2, 0.25) is 5.91 Å². The number of rotatable bonds is 6. The zero-order chi connectivity index (χ0) is 21.6. The molecule has 0 bridgehead atoms. The zero-order valence-electron chi connectivity index (χ0n) is 17.0. The van der Waals surface area contributed by atoms with Crippen molar-refractivity contribution in [3.8, 4) is 28.3 Å². The first-order chi connectivity index (χ1) is 15.1. The summed E-state index contributed by atoms with van der Waals surface area (Å²) in [6, 6.07) is 27.1.